The number of rotatable bonds is 4. The van der Waals surface area contributed by atoms with Gasteiger partial charge in [0.05, 0.1) is 10.8 Å². The molecule has 2 atom stereocenters. The highest BCUT2D eigenvalue weighted by molar-refractivity contribution is 5.78. The smallest absolute Gasteiger partial charge is 0.308 e. The molecule has 1 aromatic rings. The van der Waals surface area contributed by atoms with Gasteiger partial charge >= 0.3 is 11.7 Å². The van der Waals surface area contributed by atoms with Crippen molar-refractivity contribution in [3.8, 4) is 0 Å². The lowest BCUT2D eigenvalue weighted by molar-refractivity contribution is -0.385. The number of aliphatic carboxylic acids is 1. The van der Waals surface area contributed by atoms with Gasteiger partial charge in [-0.1, -0.05) is 6.92 Å². The molecule has 0 radical (unpaired) electrons. The van der Waals surface area contributed by atoms with Gasteiger partial charge in [-0.15, -0.1) is 0 Å². The molecule has 0 aliphatic carbocycles. The van der Waals surface area contributed by atoms with E-state index >= 15 is 0 Å². The monoisotopic (exact) mass is 296 g/mol. The van der Waals surface area contributed by atoms with E-state index in [1.165, 1.54) is 15.8 Å². The number of carbonyl (C=O) groups is 2. The van der Waals surface area contributed by atoms with Crippen LogP contribution in [0.4, 0.5) is 5.69 Å². The van der Waals surface area contributed by atoms with Crippen LogP contribution in [0.3, 0.4) is 0 Å². The van der Waals surface area contributed by atoms with Crippen LogP contribution < -0.4 is 0 Å². The Hall–Kier alpha value is -2.45. The topological polar surface area (TPSA) is 119 Å². The summed E-state index contributed by atoms with van der Waals surface area (Å²) < 4.78 is 1.19. The van der Waals surface area contributed by atoms with Crippen molar-refractivity contribution in [1.82, 2.24) is 14.7 Å². The van der Waals surface area contributed by atoms with Gasteiger partial charge in [-0.05, 0) is 12.3 Å². The first-order chi connectivity index (χ1) is 9.86. The van der Waals surface area contributed by atoms with E-state index in [4.69, 9.17) is 5.11 Å². The fourth-order valence-electron chi connectivity index (χ4n) is 2.51. The van der Waals surface area contributed by atoms with E-state index in [2.05, 4.69) is 5.10 Å². The van der Waals surface area contributed by atoms with Gasteiger partial charge in [0, 0.05) is 13.1 Å². The third-order valence-electron chi connectivity index (χ3n) is 3.49. The highest BCUT2D eigenvalue weighted by Crippen LogP contribution is 2.22. The van der Waals surface area contributed by atoms with Gasteiger partial charge in [0.25, 0.3) is 0 Å². The molecule has 0 bridgehead atoms. The first-order valence-corrected chi connectivity index (χ1v) is 6.54. The maximum atomic E-state index is 12.2. The van der Waals surface area contributed by atoms with Gasteiger partial charge in [0.2, 0.25) is 5.91 Å². The lowest BCUT2D eigenvalue weighted by atomic mass is 9.90. The highest BCUT2D eigenvalue weighted by atomic mass is 16.6. The van der Waals surface area contributed by atoms with E-state index in [0.717, 1.165) is 6.20 Å². The largest absolute Gasteiger partial charge is 0.481 e. The van der Waals surface area contributed by atoms with Crippen molar-refractivity contribution in [2.45, 2.75) is 19.9 Å². The molecule has 0 aromatic carbocycles. The minimum Gasteiger partial charge on any atom is -0.481 e. The van der Waals surface area contributed by atoms with Crippen LogP contribution >= 0.6 is 0 Å². The standard InChI is InChI=1S/C12H16N4O5/c1-8-2-9(12(18)19)5-14(4-8)11(17)7-15-6-10(3-13-15)16(20)21/h3,6,8-9H,2,4-5,7H2,1H3,(H,18,19). The third-order valence-corrected chi connectivity index (χ3v) is 3.49. The number of nitrogens with zero attached hydrogens (tertiary/aromatic N) is 4. The summed E-state index contributed by atoms with van der Waals surface area (Å²) in [5.74, 6) is -1.65. The Labute approximate surface area is 120 Å². The summed E-state index contributed by atoms with van der Waals surface area (Å²) in [6, 6.07) is 0. The first kappa shape index (κ1) is 14.9. The van der Waals surface area contributed by atoms with Gasteiger partial charge in [-0.3, -0.25) is 24.4 Å². The van der Waals surface area contributed by atoms with Crippen LogP contribution in [0.5, 0.6) is 0 Å². The van der Waals surface area contributed by atoms with Crippen LogP contribution in [0.2, 0.25) is 0 Å². The Morgan fingerprint density at radius 1 is 1.52 bits per heavy atom. The quantitative estimate of drug-likeness (QED) is 0.633. The highest BCUT2D eigenvalue weighted by Gasteiger charge is 2.32. The van der Waals surface area contributed by atoms with Crippen molar-refractivity contribution in [3.05, 3.63) is 22.5 Å². The van der Waals surface area contributed by atoms with Crippen LogP contribution in [0.25, 0.3) is 0 Å². The lowest BCUT2D eigenvalue weighted by Gasteiger charge is -2.34. The zero-order chi connectivity index (χ0) is 15.6. The van der Waals surface area contributed by atoms with E-state index in [9.17, 15) is 19.7 Å². The molecule has 2 rings (SSSR count). The summed E-state index contributed by atoms with van der Waals surface area (Å²) in [6.45, 7) is 2.43. The zero-order valence-corrected chi connectivity index (χ0v) is 11.5. The normalized spacial score (nSPS) is 22.0. The molecule has 1 aliphatic heterocycles. The summed E-state index contributed by atoms with van der Waals surface area (Å²) in [5, 5.41) is 23.4. The van der Waals surface area contributed by atoms with E-state index in [1.54, 1.807) is 0 Å². The minimum absolute atomic E-state index is 0.107. The molecule has 9 nitrogen and oxygen atoms in total. The average molecular weight is 296 g/mol. The average Bonchev–Trinajstić information content (AvgIpc) is 2.86. The number of likely N-dealkylation sites (tertiary alicyclic amines) is 1. The number of carbonyl (C=O) groups excluding carboxylic acids is 1. The molecule has 2 unspecified atom stereocenters. The fraction of sp³-hybridized carbons (Fsp3) is 0.583. The van der Waals surface area contributed by atoms with Crippen molar-refractivity contribution in [2.75, 3.05) is 13.1 Å². The van der Waals surface area contributed by atoms with E-state index < -0.39 is 16.8 Å². The summed E-state index contributed by atoms with van der Waals surface area (Å²) in [7, 11) is 0. The lowest BCUT2D eigenvalue weighted by Crippen LogP contribution is -2.46. The number of nitro groups is 1. The molecule has 1 fully saturated rings. The molecule has 2 heterocycles. The second-order valence-corrected chi connectivity index (χ2v) is 5.33. The molecule has 9 heteroatoms. The van der Waals surface area contributed by atoms with Crippen molar-refractivity contribution in [2.24, 2.45) is 11.8 Å². The maximum Gasteiger partial charge on any atom is 0.308 e. The Morgan fingerprint density at radius 2 is 2.24 bits per heavy atom. The molecule has 1 amide bonds. The number of aromatic nitrogens is 2. The first-order valence-electron chi connectivity index (χ1n) is 6.54. The molecular formula is C12H16N4O5. The Kier molecular flexibility index (Phi) is 4.20. The van der Waals surface area contributed by atoms with Gasteiger partial charge in [0.15, 0.2) is 0 Å². The predicted octanol–water partition coefficient (Wildman–Crippen LogP) is 0.360. The Bertz CT molecular complexity index is 570. The Balaban J connectivity index is 2.01. The fourth-order valence-corrected chi connectivity index (χ4v) is 2.51. The van der Waals surface area contributed by atoms with Crippen molar-refractivity contribution >= 4 is 17.6 Å². The van der Waals surface area contributed by atoms with Crippen LogP contribution in [-0.4, -0.2) is 49.7 Å². The Morgan fingerprint density at radius 3 is 2.81 bits per heavy atom. The summed E-state index contributed by atoms with van der Waals surface area (Å²) in [4.78, 5) is 34.7. The predicted molar refractivity (Wildman–Crippen MR) is 70.4 cm³/mol. The van der Waals surface area contributed by atoms with E-state index in [1.807, 2.05) is 6.92 Å². The van der Waals surface area contributed by atoms with Gasteiger partial charge in [-0.25, -0.2) is 0 Å². The van der Waals surface area contributed by atoms with Gasteiger partial charge in [-0.2, -0.15) is 5.10 Å². The second-order valence-electron chi connectivity index (χ2n) is 5.33. The molecule has 114 valence electrons. The minimum atomic E-state index is -0.908. The summed E-state index contributed by atoms with van der Waals surface area (Å²) in [5.41, 5.74) is -0.182. The van der Waals surface area contributed by atoms with Crippen LogP contribution in [0.15, 0.2) is 12.4 Å². The van der Waals surface area contributed by atoms with Gasteiger partial charge in [0.1, 0.15) is 18.9 Å². The summed E-state index contributed by atoms with van der Waals surface area (Å²) >= 11 is 0. The van der Waals surface area contributed by atoms with Crippen molar-refractivity contribution in [3.63, 3.8) is 0 Å². The van der Waals surface area contributed by atoms with E-state index in [-0.39, 0.29) is 30.6 Å². The number of hydrogen-bond donors (Lipinski definition) is 1. The molecule has 21 heavy (non-hydrogen) atoms. The van der Waals surface area contributed by atoms with E-state index in [0.29, 0.717) is 13.0 Å². The molecule has 1 aliphatic rings. The zero-order valence-electron chi connectivity index (χ0n) is 11.5. The summed E-state index contributed by atoms with van der Waals surface area (Å²) in [6.07, 6.45) is 2.80. The molecule has 1 aromatic heterocycles. The number of piperidine rings is 1. The molecule has 1 saturated heterocycles. The molecule has 0 saturated carbocycles. The van der Waals surface area contributed by atoms with Crippen molar-refractivity contribution < 1.29 is 19.6 Å². The van der Waals surface area contributed by atoms with Crippen LogP contribution in [-0.2, 0) is 16.1 Å². The number of carboxylic acids is 1. The maximum absolute atomic E-state index is 12.2. The number of hydrogen-bond acceptors (Lipinski definition) is 5. The third kappa shape index (κ3) is 3.56. The van der Waals surface area contributed by atoms with Crippen LogP contribution in [0, 0.1) is 22.0 Å². The van der Waals surface area contributed by atoms with Gasteiger partial charge < -0.3 is 10.0 Å². The molecular weight excluding hydrogens is 280 g/mol. The second kappa shape index (κ2) is 5.90. The molecule has 1 N–H and O–H groups in total. The van der Waals surface area contributed by atoms with Crippen molar-refractivity contribution in [1.29, 1.82) is 0 Å². The molecule has 0 spiro atoms. The SMILES string of the molecule is CC1CC(C(=O)O)CN(C(=O)Cn2cc([N+](=O)[O-])cn2)C1. The number of carboxylic acid groups (broad SMARTS) is 1. The number of amides is 1. The van der Waals surface area contributed by atoms with Crippen LogP contribution in [0.1, 0.15) is 13.3 Å².